The van der Waals surface area contributed by atoms with Gasteiger partial charge in [0.25, 0.3) is 0 Å². The molecule has 2 unspecified atom stereocenters. The summed E-state index contributed by atoms with van der Waals surface area (Å²) in [6.07, 6.45) is 6.89. The van der Waals surface area contributed by atoms with Gasteiger partial charge in [-0.15, -0.1) is 0 Å². The summed E-state index contributed by atoms with van der Waals surface area (Å²) in [6, 6.07) is 36.9. The van der Waals surface area contributed by atoms with Gasteiger partial charge in [-0.2, -0.15) is 0 Å². The van der Waals surface area contributed by atoms with Gasteiger partial charge in [0.15, 0.2) is 0 Å². The van der Waals surface area contributed by atoms with Crippen molar-refractivity contribution < 1.29 is 0 Å². The standard InChI is InChI=1S/C42H50N4/c1-4-33-14-20-39(28-37(33)30-43(2)3)46-27-26-44(31-46)29-32-22-24-45(25-23-32)38-18-15-36(16-19-38)42-40-13-9-8-12-35(40)17-21-41(42)34-10-6-5-7-11-34/h4-16,18-20,28,32,41-42H,1,17,21-27,29-31H2,2-3H3. The third-order valence-electron chi connectivity index (χ3n) is 10.7. The second-order valence-electron chi connectivity index (χ2n) is 14.1. The fraction of sp³-hybridized carbons (Fsp3) is 0.381. The molecule has 4 aromatic carbocycles. The molecule has 0 radical (unpaired) electrons. The van der Waals surface area contributed by atoms with Crippen LogP contribution in [0.4, 0.5) is 11.4 Å². The Morgan fingerprint density at radius 1 is 0.739 bits per heavy atom. The number of anilines is 2. The van der Waals surface area contributed by atoms with Crippen LogP contribution in [0, 0.1) is 5.92 Å². The van der Waals surface area contributed by atoms with Crippen molar-refractivity contribution in [2.24, 2.45) is 5.92 Å². The fourth-order valence-electron chi connectivity index (χ4n) is 8.33. The highest BCUT2D eigenvalue weighted by atomic mass is 15.4. The summed E-state index contributed by atoms with van der Waals surface area (Å²) in [4.78, 5) is 10.1. The Hall–Kier alpha value is -3.86. The molecule has 4 nitrogen and oxygen atoms in total. The lowest BCUT2D eigenvalue weighted by molar-refractivity contribution is 0.251. The zero-order chi connectivity index (χ0) is 31.5. The minimum Gasteiger partial charge on any atom is -0.372 e. The lowest BCUT2D eigenvalue weighted by Crippen LogP contribution is -2.38. The largest absolute Gasteiger partial charge is 0.372 e. The van der Waals surface area contributed by atoms with Crippen molar-refractivity contribution in [3.8, 4) is 0 Å². The molecule has 2 saturated heterocycles. The van der Waals surface area contributed by atoms with E-state index in [0.29, 0.717) is 11.8 Å². The minimum absolute atomic E-state index is 0.409. The van der Waals surface area contributed by atoms with Crippen molar-refractivity contribution >= 4 is 17.5 Å². The Morgan fingerprint density at radius 3 is 2.24 bits per heavy atom. The van der Waals surface area contributed by atoms with Gasteiger partial charge in [0, 0.05) is 56.6 Å². The van der Waals surface area contributed by atoms with Crippen LogP contribution in [-0.4, -0.2) is 63.3 Å². The van der Waals surface area contributed by atoms with E-state index in [1.165, 1.54) is 70.6 Å². The number of piperidine rings is 1. The molecule has 0 bridgehead atoms. The normalized spacial score (nSPS) is 20.7. The van der Waals surface area contributed by atoms with Gasteiger partial charge in [-0.25, -0.2) is 0 Å². The average Bonchev–Trinajstić information content (AvgIpc) is 3.57. The first kappa shape index (κ1) is 30.8. The lowest BCUT2D eigenvalue weighted by Gasteiger charge is -2.36. The molecular weight excluding hydrogens is 560 g/mol. The molecule has 0 spiro atoms. The third-order valence-corrected chi connectivity index (χ3v) is 10.7. The Balaban J connectivity index is 0.964. The Morgan fingerprint density at radius 2 is 1.48 bits per heavy atom. The van der Waals surface area contributed by atoms with E-state index in [2.05, 4.69) is 137 Å². The zero-order valence-corrected chi connectivity index (χ0v) is 27.8. The van der Waals surface area contributed by atoms with Crippen LogP contribution in [0.5, 0.6) is 0 Å². The van der Waals surface area contributed by atoms with E-state index in [-0.39, 0.29) is 0 Å². The van der Waals surface area contributed by atoms with Crippen molar-refractivity contribution in [1.29, 1.82) is 0 Å². The lowest BCUT2D eigenvalue weighted by atomic mass is 9.69. The summed E-state index contributed by atoms with van der Waals surface area (Å²) in [7, 11) is 4.27. The van der Waals surface area contributed by atoms with Gasteiger partial charge in [0.1, 0.15) is 0 Å². The zero-order valence-electron chi connectivity index (χ0n) is 27.8. The Bertz CT molecular complexity index is 1600. The summed E-state index contributed by atoms with van der Waals surface area (Å²) in [5.41, 5.74) is 11.3. The smallest absolute Gasteiger partial charge is 0.0708 e. The van der Waals surface area contributed by atoms with Crippen LogP contribution in [0.2, 0.25) is 0 Å². The number of rotatable bonds is 9. The van der Waals surface area contributed by atoms with E-state index in [1.807, 2.05) is 6.08 Å². The molecule has 0 amide bonds. The number of nitrogens with zero attached hydrogens (tertiary/aromatic N) is 4. The summed E-state index contributed by atoms with van der Waals surface area (Å²) >= 11 is 0. The SMILES string of the molecule is C=Cc1ccc(N2CCN(CC3CCN(c4ccc(C5c6ccccc6CCC5c5ccccc5)cc4)CC3)C2)cc1CN(C)C. The highest BCUT2D eigenvalue weighted by molar-refractivity contribution is 5.60. The molecule has 0 saturated carbocycles. The van der Waals surface area contributed by atoms with E-state index < -0.39 is 0 Å². The molecule has 7 rings (SSSR count). The first-order valence-electron chi connectivity index (χ1n) is 17.4. The van der Waals surface area contributed by atoms with Crippen LogP contribution >= 0.6 is 0 Å². The fourth-order valence-corrected chi connectivity index (χ4v) is 8.33. The van der Waals surface area contributed by atoms with Crippen LogP contribution in [0.25, 0.3) is 6.08 Å². The maximum absolute atomic E-state index is 4.03. The molecule has 4 aromatic rings. The summed E-state index contributed by atoms with van der Waals surface area (Å²) in [6.45, 7) is 11.8. The van der Waals surface area contributed by atoms with E-state index in [1.54, 1.807) is 0 Å². The van der Waals surface area contributed by atoms with Crippen LogP contribution in [0.1, 0.15) is 64.5 Å². The van der Waals surface area contributed by atoms with Gasteiger partial charge in [-0.3, -0.25) is 4.90 Å². The number of fused-ring (bicyclic) bond motifs is 1. The highest BCUT2D eigenvalue weighted by Gasteiger charge is 2.32. The monoisotopic (exact) mass is 610 g/mol. The molecule has 4 heteroatoms. The Kier molecular flexibility index (Phi) is 9.28. The van der Waals surface area contributed by atoms with Gasteiger partial charge >= 0.3 is 0 Å². The highest BCUT2D eigenvalue weighted by Crippen LogP contribution is 2.46. The van der Waals surface area contributed by atoms with Gasteiger partial charge in [-0.1, -0.05) is 85.5 Å². The molecular formula is C42H50N4. The van der Waals surface area contributed by atoms with Crippen LogP contribution in [0.15, 0.2) is 104 Å². The molecule has 2 atom stereocenters. The predicted octanol–water partition coefficient (Wildman–Crippen LogP) is 8.25. The van der Waals surface area contributed by atoms with E-state index >= 15 is 0 Å². The quantitative estimate of drug-likeness (QED) is 0.189. The van der Waals surface area contributed by atoms with Gasteiger partial charge < -0.3 is 14.7 Å². The topological polar surface area (TPSA) is 13.0 Å². The molecule has 0 N–H and O–H groups in total. The first-order valence-corrected chi connectivity index (χ1v) is 17.4. The number of hydrogen-bond donors (Lipinski definition) is 0. The van der Waals surface area contributed by atoms with Crippen molar-refractivity contribution in [3.63, 3.8) is 0 Å². The predicted molar refractivity (Wildman–Crippen MR) is 195 cm³/mol. The van der Waals surface area contributed by atoms with E-state index in [4.69, 9.17) is 0 Å². The molecule has 238 valence electrons. The number of hydrogen-bond acceptors (Lipinski definition) is 4. The van der Waals surface area contributed by atoms with Crippen molar-refractivity contribution in [2.45, 2.75) is 44.1 Å². The third kappa shape index (κ3) is 6.65. The first-order chi connectivity index (χ1) is 22.6. The molecule has 2 fully saturated rings. The average molecular weight is 611 g/mol. The molecule has 2 aliphatic heterocycles. The van der Waals surface area contributed by atoms with Gasteiger partial charge in [0.2, 0.25) is 0 Å². The molecule has 0 aromatic heterocycles. The second kappa shape index (κ2) is 13.9. The van der Waals surface area contributed by atoms with Crippen LogP contribution < -0.4 is 9.80 Å². The van der Waals surface area contributed by atoms with E-state index in [9.17, 15) is 0 Å². The molecule has 46 heavy (non-hydrogen) atoms. The van der Waals surface area contributed by atoms with Crippen LogP contribution in [-0.2, 0) is 13.0 Å². The second-order valence-corrected chi connectivity index (χ2v) is 14.1. The van der Waals surface area contributed by atoms with Gasteiger partial charge in [-0.05, 0) is 109 Å². The molecule has 1 aliphatic carbocycles. The maximum atomic E-state index is 4.03. The summed E-state index contributed by atoms with van der Waals surface area (Å²) in [5, 5.41) is 0. The van der Waals surface area contributed by atoms with Crippen LogP contribution in [0.3, 0.4) is 0 Å². The number of benzene rings is 4. The Labute approximate surface area is 277 Å². The molecule has 2 heterocycles. The van der Waals surface area contributed by atoms with Crippen molar-refractivity contribution in [3.05, 3.63) is 137 Å². The minimum atomic E-state index is 0.409. The molecule has 3 aliphatic rings. The maximum Gasteiger partial charge on any atom is 0.0708 e. The van der Waals surface area contributed by atoms with E-state index in [0.717, 1.165) is 51.7 Å². The summed E-state index contributed by atoms with van der Waals surface area (Å²) < 4.78 is 0. The van der Waals surface area contributed by atoms with Gasteiger partial charge in [0.05, 0.1) is 6.67 Å². The van der Waals surface area contributed by atoms with Crippen molar-refractivity contribution in [1.82, 2.24) is 9.80 Å². The number of aryl methyl sites for hydroxylation is 1. The summed E-state index contributed by atoms with van der Waals surface area (Å²) in [5.74, 6) is 1.70. The van der Waals surface area contributed by atoms with Crippen molar-refractivity contribution in [2.75, 3.05) is 63.3 Å².